The van der Waals surface area contributed by atoms with E-state index in [0.29, 0.717) is 0 Å². The molecule has 13 rings (SSSR count). The Labute approximate surface area is 372 Å². The Morgan fingerprint density at radius 3 is 1.62 bits per heavy atom. The first-order chi connectivity index (χ1) is 31.7. The maximum absolute atomic E-state index is 2.43. The van der Waals surface area contributed by atoms with Crippen LogP contribution in [-0.2, 0) is 0 Å². The van der Waals surface area contributed by atoms with Crippen LogP contribution in [0.4, 0.5) is 17.1 Å². The molecule has 64 heavy (non-hydrogen) atoms. The lowest BCUT2D eigenvalue weighted by atomic mass is 9.97. The average molecular weight is 813 g/mol. The first kappa shape index (κ1) is 36.2. The molecule has 12 aromatic rings. The van der Waals surface area contributed by atoms with E-state index in [1.54, 1.807) is 0 Å². The Morgan fingerprint density at radius 2 is 0.859 bits per heavy atom. The number of benzene rings is 11. The molecule has 2 nitrogen and oxygen atoms in total. The molecular formula is C62H40N2. The number of para-hydroxylation sites is 2. The molecule has 0 atom stereocenters. The molecule has 0 saturated carbocycles. The molecule has 1 aliphatic rings. The summed E-state index contributed by atoms with van der Waals surface area (Å²) in [6.45, 7) is 0. The molecule has 0 N–H and O–H groups in total. The van der Waals surface area contributed by atoms with Crippen LogP contribution in [0.1, 0.15) is 0 Å². The van der Waals surface area contributed by atoms with Gasteiger partial charge in [-0.15, -0.1) is 0 Å². The molecule has 2 heteroatoms. The quantitative estimate of drug-likeness (QED) is 0.146. The van der Waals surface area contributed by atoms with Crippen molar-refractivity contribution in [2.75, 3.05) is 4.90 Å². The Hall–Kier alpha value is -8.46. The molecule has 0 saturated heterocycles. The normalized spacial score (nSPS) is 11.8. The van der Waals surface area contributed by atoms with Crippen LogP contribution in [0.25, 0.3) is 105 Å². The van der Waals surface area contributed by atoms with Gasteiger partial charge in [-0.3, -0.25) is 0 Å². The fraction of sp³-hybridized carbons (Fsp3) is 0. The minimum atomic E-state index is 1.09. The summed E-state index contributed by atoms with van der Waals surface area (Å²) in [6, 6.07) is 89.0. The SMILES string of the molecule is c1ccc(-c2c(-c3ccc(N(c4ccc(-c5ccc6ccc7ccccc7c6c5)cc4)c4cc5c6c(cccc6c4)-c4ccccc4-5)cc3)n(-c3ccccc3)c3ccccc23)cc1. The van der Waals surface area contributed by atoms with E-state index >= 15 is 0 Å². The molecule has 1 aromatic heterocycles. The molecule has 0 aliphatic heterocycles. The van der Waals surface area contributed by atoms with E-state index in [0.717, 1.165) is 28.3 Å². The van der Waals surface area contributed by atoms with Crippen LogP contribution in [0.5, 0.6) is 0 Å². The van der Waals surface area contributed by atoms with Gasteiger partial charge < -0.3 is 9.47 Å². The van der Waals surface area contributed by atoms with Crippen LogP contribution in [0.15, 0.2) is 243 Å². The lowest BCUT2D eigenvalue weighted by Crippen LogP contribution is -2.10. The van der Waals surface area contributed by atoms with E-state index in [2.05, 4.69) is 252 Å². The second kappa shape index (κ2) is 14.6. The van der Waals surface area contributed by atoms with Gasteiger partial charge in [0.1, 0.15) is 0 Å². The monoisotopic (exact) mass is 812 g/mol. The largest absolute Gasteiger partial charge is 0.310 e. The highest BCUT2D eigenvalue weighted by Gasteiger charge is 2.25. The zero-order chi connectivity index (χ0) is 42.1. The van der Waals surface area contributed by atoms with Crippen molar-refractivity contribution >= 4 is 60.3 Å². The van der Waals surface area contributed by atoms with Crippen molar-refractivity contribution in [3.8, 4) is 61.5 Å². The van der Waals surface area contributed by atoms with Gasteiger partial charge in [0, 0.05) is 33.7 Å². The van der Waals surface area contributed by atoms with Gasteiger partial charge in [-0.1, -0.05) is 182 Å². The number of nitrogens with zero attached hydrogens (tertiary/aromatic N) is 2. The summed E-state index contributed by atoms with van der Waals surface area (Å²) in [5.41, 5.74) is 17.9. The minimum Gasteiger partial charge on any atom is -0.310 e. The predicted octanol–water partition coefficient (Wildman–Crippen LogP) is 17.2. The van der Waals surface area contributed by atoms with Gasteiger partial charge in [-0.2, -0.15) is 0 Å². The third-order valence-electron chi connectivity index (χ3n) is 13.3. The zero-order valence-corrected chi connectivity index (χ0v) is 35.0. The third-order valence-corrected chi connectivity index (χ3v) is 13.3. The Bertz CT molecular complexity index is 3670. The molecule has 0 spiro atoms. The number of hydrogen-bond acceptors (Lipinski definition) is 1. The first-order valence-corrected chi connectivity index (χ1v) is 22.1. The zero-order valence-electron chi connectivity index (χ0n) is 35.0. The van der Waals surface area contributed by atoms with Crippen molar-refractivity contribution in [1.82, 2.24) is 4.57 Å². The van der Waals surface area contributed by atoms with Gasteiger partial charge in [0.15, 0.2) is 0 Å². The summed E-state index contributed by atoms with van der Waals surface area (Å²) in [4.78, 5) is 2.43. The lowest BCUT2D eigenvalue weighted by Gasteiger charge is -2.27. The molecule has 1 heterocycles. The summed E-state index contributed by atoms with van der Waals surface area (Å²) < 4.78 is 2.43. The molecule has 0 unspecified atom stereocenters. The molecule has 11 aromatic carbocycles. The second-order valence-corrected chi connectivity index (χ2v) is 16.9. The van der Waals surface area contributed by atoms with Crippen LogP contribution < -0.4 is 4.90 Å². The molecule has 0 amide bonds. The molecule has 0 radical (unpaired) electrons. The van der Waals surface area contributed by atoms with Crippen molar-refractivity contribution in [2.24, 2.45) is 0 Å². The fourth-order valence-corrected chi connectivity index (χ4v) is 10.4. The van der Waals surface area contributed by atoms with Gasteiger partial charge in [0.2, 0.25) is 0 Å². The van der Waals surface area contributed by atoms with Gasteiger partial charge in [0.25, 0.3) is 0 Å². The van der Waals surface area contributed by atoms with Crippen molar-refractivity contribution < 1.29 is 0 Å². The highest BCUT2D eigenvalue weighted by Crippen LogP contribution is 2.51. The average Bonchev–Trinajstić information content (AvgIpc) is 3.89. The molecule has 298 valence electrons. The topological polar surface area (TPSA) is 8.17 Å². The van der Waals surface area contributed by atoms with E-state index in [-0.39, 0.29) is 0 Å². The van der Waals surface area contributed by atoms with E-state index < -0.39 is 0 Å². The van der Waals surface area contributed by atoms with Gasteiger partial charge in [0.05, 0.1) is 11.2 Å². The third kappa shape index (κ3) is 5.73. The molecule has 1 aliphatic carbocycles. The summed E-state index contributed by atoms with van der Waals surface area (Å²) in [6.07, 6.45) is 0. The first-order valence-electron chi connectivity index (χ1n) is 22.1. The van der Waals surface area contributed by atoms with E-state index in [4.69, 9.17) is 0 Å². The van der Waals surface area contributed by atoms with Crippen molar-refractivity contribution in [2.45, 2.75) is 0 Å². The number of rotatable bonds is 7. The number of aromatic nitrogens is 1. The molecule has 0 fully saturated rings. The van der Waals surface area contributed by atoms with Crippen LogP contribution in [-0.4, -0.2) is 4.57 Å². The smallest absolute Gasteiger partial charge is 0.0619 e. The minimum absolute atomic E-state index is 1.09. The highest BCUT2D eigenvalue weighted by atomic mass is 15.1. The van der Waals surface area contributed by atoms with Crippen LogP contribution >= 0.6 is 0 Å². The van der Waals surface area contributed by atoms with Crippen LogP contribution in [0.3, 0.4) is 0 Å². The van der Waals surface area contributed by atoms with Crippen LogP contribution in [0, 0.1) is 0 Å². The predicted molar refractivity (Wildman–Crippen MR) is 271 cm³/mol. The Balaban J connectivity index is 0.985. The summed E-state index contributed by atoms with van der Waals surface area (Å²) >= 11 is 0. The maximum atomic E-state index is 2.43. The van der Waals surface area contributed by atoms with Crippen LogP contribution in [0.2, 0.25) is 0 Å². The van der Waals surface area contributed by atoms with E-state index in [1.165, 1.54) is 93.4 Å². The fourth-order valence-electron chi connectivity index (χ4n) is 10.4. The maximum Gasteiger partial charge on any atom is 0.0619 e. The summed E-state index contributed by atoms with van der Waals surface area (Å²) in [5.74, 6) is 0. The standard InChI is InChI=1S/C62H40N2/c1-3-15-44(16-4-1)61-56-23-11-12-25-59(56)64(48-18-5-2-6-19-48)62(61)45-32-36-50(37-33-45)63(51-38-47-17-13-24-55-53-21-9-10-22-54(53)58(40-51)60(47)55)49-34-30-41(31-35-49)46-29-28-43-27-26-42-14-7-8-20-52(42)57(43)39-46/h1-40H. The van der Waals surface area contributed by atoms with Gasteiger partial charge in [-0.25, -0.2) is 0 Å². The second-order valence-electron chi connectivity index (χ2n) is 16.9. The summed E-state index contributed by atoms with van der Waals surface area (Å²) in [7, 11) is 0. The van der Waals surface area contributed by atoms with E-state index in [1.807, 2.05) is 0 Å². The van der Waals surface area contributed by atoms with Crippen molar-refractivity contribution in [3.63, 3.8) is 0 Å². The lowest BCUT2D eigenvalue weighted by molar-refractivity contribution is 1.13. The number of fused-ring (bicyclic) bond motifs is 7. The number of anilines is 3. The van der Waals surface area contributed by atoms with E-state index in [9.17, 15) is 0 Å². The Kier molecular flexibility index (Phi) is 8.25. The Morgan fingerprint density at radius 1 is 0.297 bits per heavy atom. The van der Waals surface area contributed by atoms with Crippen molar-refractivity contribution in [3.05, 3.63) is 243 Å². The van der Waals surface area contributed by atoms with Gasteiger partial charge >= 0.3 is 0 Å². The van der Waals surface area contributed by atoms with Crippen molar-refractivity contribution in [1.29, 1.82) is 0 Å². The van der Waals surface area contributed by atoms with Gasteiger partial charge in [-0.05, 0) is 137 Å². The number of hydrogen-bond donors (Lipinski definition) is 0. The molecular weight excluding hydrogens is 773 g/mol. The molecule has 0 bridgehead atoms. The summed E-state index contributed by atoms with van der Waals surface area (Å²) in [5, 5.41) is 8.86. The highest BCUT2D eigenvalue weighted by molar-refractivity contribution is 6.17.